The number of benzene rings is 1. The largest absolute Gasteiger partial charge is 0.339 e. The van der Waals surface area contributed by atoms with Crippen molar-refractivity contribution in [3.05, 3.63) is 42.2 Å². The van der Waals surface area contributed by atoms with Crippen molar-refractivity contribution in [2.45, 2.75) is 53.1 Å². The number of hydrogen-bond acceptors (Lipinski definition) is 3. The van der Waals surface area contributed by atoms with Crippen LogP contribution in [0.25, 0.3) is 21.8 Å². The van der Waals surface area contributed by atoms with Gasteiger partial charge in [0.25, 0.3) is 0 Å². The van der Waals surface area contributed by atoms with Crippen LogP contribution < -0.4 is 5.32 Å². The average Bonchev–Trinajstić information content (AvgIpc) is 3.04. The highest BCUT2D eigenvalue weighted by molar-refractivity contribution is 6.08. The van der Waals surface area contributed by atoms with Crippen molar-refractivity contribution < 1.29 is 0 Å². The molecule has 3 aromatic rings. The van der Waals surface area contributed by atoms with Crippen molar-refractivity contribution >= 4 is 71.4 Å². The molecule has 0 spiro atoms. The number of aryl methyl sites for hydroxylation is 1. The van der Waals surface area contributed by atoms with Gasteiger partial charge in [-0.1, -0.05) is 45.4 Å². The second kappa shape index (κ2) is 16.8. The Hall–Kier alpha value is -0.750. The summed E-state index contributed by atoms with van der Waals surface area (Å²) in [6.45, 7) is 13.1. The molecule has 1 N–H and O–H groups in total. The minimum atomic E-state index is 0. The first-order valence-electron chi connectivity index (χ1n) is 10.6. The molecule has 8 heteroatoms. The van der Waals surface area contributed by atoms with Gasteiger partial charge < -0.3 is 14.8 Å². The minimum Gasteiger partial charge on any atom is -0.339 e. The van der Waals surface area contributed by atoms with Crippen molar-refractivity contribution in [1.29, 1.82) is 0 Å². The zero-order chi connectivity index (χ0) is 19.1. The molecule has 3 rings (SSSR count). The maximum absolute atomic E-state index is 4.74. The Balaban J connectivity index is 0. The first-order chi connectivity index (χ1) is 13.3. The Morgan fingerprint density at radius 3 is 2.29 bits per heavy atom. The molecule has 0 atom stereocenters. The van der Waals surface area contributed by atoms with E-state index in [0.717, 1.165) is 39.3 Å². The number of hydrogen-bond donors (Lipinski definition) is 1. The van der Waals surface area contributed by atoms with Crippen LogP contribution >= 0.6 is 49.6 Å². The third kappa shape index (κ3) is 7.96. The van der Waals surface area contributed by atoms with Gasteiger partial charge in [-0.25, -0.2) is 0 Å². The van der Waals surface area contributed by atoms with Crippen LogP contribution in [-0.4, -0.2) is 40.6 Å². The second-order valence-corrected chi connectivity index (χ2v) is 7.23. The maximum Gasteiger partial charge on any atom is 0.0784 e. The summed E-state index contributed by atoms with van der Waals surface area (Å²) in [5, 5.41) is 6.29. The molecule has 2 heterocycles. The van der Waals surface area contributed by atoms with E-state index in [9.17, 15) is 0 Å². The summed E-state index contributed by atoms with van der Waals surface area (Å²) in [6, 6.07) is 10.9. The standard InChI is InChI=1S/C23H34N4.4ClH/c1-4-7-17-27-22-12-9-8-11-19(22)20-13-15-25-21(23(20)27)18-24-14-10-16-26(5-2)6-3;;;;/h8-9,11-13,15,24H,4-7,10,14,16-18H2,1-3H3;4*1H. The van der Waals surface area contributed by atoms with Gasteiger partial charge in [-0.3, -0.25) is 4.98 Å². The summed E-state index contributed by atoms with van der Waals surface area (Å²) in [4.78, 5) is 7.22. The predicted octanol–water partition coefficient (Wildman–Crippen LogP) is 6.50. The molecule has 1 aromatic carbocycles. The lowest BCUT2D eigenvalue weighted by Gasteiger charge is -2.17. The lowest BCUT2D eigenvalue weighted by molar-refractivity contribution is 0.298. The lowest BCUT2D eigenvalue weighted by Crippen LogP contribution is -2.27. The molecule has 0 radical (unpaired) electrons. The van der Waals surface area contributed by atoms with Gasteiger partial charge in [0.05, 0.1) is 11.2 Å². The number of aromatic nitrogens is 2. The maximum atomic E-state index is 4.74. The average molecular weight is 512 g/mol. The van der Waals surface area contributed by atoms with Crippen LogP contribution in [0.4, 0.5) is 0 Å². The fourth-order valence-corrected chi connectivity index (χ4v) is 3.93. The van der Waals surface area contributed by atoms with Crippen LogP contribution in [0.5, 0.6) is 0 Å². The Morgan fingerprint density at radius 1 is 0.903 bits per heavy atom. The van der Waals surface area contributed by atoms with E-state index in [4.69, 9.17) is 4.98 Å². The van der Waals surface area contributed by atoms with Crippen molar-refractivity contribution in [1.82, 2.24) is 19.8 Å². The van der Waals surface area contributed by atoms with Crippen molar-refractivity contribution in [2.24, 2.45) is 0 Å². The first kappa shape index (κ1) is 32.4. The molecular formula is C23H38Cl4N4. The Labute approximate surface area is 212 Å². The number of nitrogens with zero attached hydrogens (tertiary/aromatic N) is 3. The summed E-state index contributed by atoms with van der Waals surface area (Å²) in [5.41, 5.74) is 3.81. The van der Waals surface area contributed by atoms with Crippen molar-refractivity contribution in [3.8, 4) is 0 Å². The van der Waals surface area contributed by atoms with E-state index >= 15 is 0 Å². The van der Waals surface area contributed by atoms with E-state index in [1.165, 1.54) is 46.8 Å². The van der Waals surface area contributed by atoms with E-state index in [1.54, 1.807) is 0 Å². The number of fused-ring (bicyclic) bond motifs is 3. The van der Waals surface area contributed by atoms with Gasteiger partial charge in [-0.2, -0.15) is 0 Å². The number of pyridine rings is 1. The SMILES string of the molecule is CCCCn1c2ccccc2c2ccnc(CNCCCN(CC)CC)c21.Cl.Cl.Cl.Cl. The Bertz CT molecular complexity index is 865. The highest BCUT2D eigenvalue weighted by atomic mass is 35.5. The van der Waals surface area contributed by atoms with Crippen LogP contribution in [0.3, 0.4) is 0 Å². The molecule has 0 fully saturated rings. The number of rotatable bonds is 11. The van der Waals surface area contributed by atoms with Gasteiger partial charge in [-0.15, -0.1) is 49.6 Å². The van der Waals surface area contributed by atoms with Gasteiger partial charge in [-0.05, 0) is 51.2 Å². The highest BCUT2D eigenvalue weighted by Crippen LogP contribution is 2.30. The summed E-state index contributed by atoms with van der Waals surface area (Å²) in [6.07, 6.45) is 5.54. The molecule has 0 unspecified atom stereocenters. The number of nitrogens with one attached hydrogen (secondary N) is 1. The molecule has 2 aromatic heterocycles. The van der Waals surface area contributed by atoms with Gasteiger partial charge in [0.2, 0.25) is 0 Å². The zero-order valence-corrected chi connectivity index (χ0v) is 22.1. The minimum absolute atomic E-state index is 0. The lowest BCUT2D eigenvalue weighted by atomic mass is 10.1. The smallest absolute Gasteiger partial charge is 0.0784 e. The van der Waals surface area contributed by atoms with Crippen LogP contribution in [0.2, 0.25) is 0 Å². The fourth-order valence-electron chi connectivity index (χ4n) is 3.93. The highest BCUT2D eigenvalue weighted by Gasteiger charge is 2.14. The predicted molar refractivity (Wildman–Crippen MR) is 145 cm³/mol. The summed E-state index contributed by atoms with van der Waals surface area (Å²) < 4.78 is 2.48. The zero-order valence-electron chi connectivity index (χ0n) is 18.8. The molecule has 0 bridgehead atoms. The summed E-state index contributed by atoms with van der Waals surface area (Å²) in [7, 11) is 0. The van der Waals surface area contributed by atoms with E-state index < -0.39 is 0 Å². The molecule has 178 valence electrons. The number of halogens is 4. The number of para-hydroxylation sites is 1. The molecule has 0 aliphatic heterocycles. The van der Waals surface area contributed by atoms with Crippen molar-refractivity contribution in [3.63, 3.8) is 0 Å². The molecule has 0 aliphatic rings. The molecule has 0 saturated carbocycles. The van der Waals surface area contributed by atoms with Gasteiger partial charge in [0.1, 0.15) is 0 Å². The fraction of sp³-hybridized carbons (Fsp3) is 0.522. The quantitative estimate of drug-likeness (QED) is 0.298. The third-order valence-corrected chi connectivity index (χ3v) is 5.51. The summed E-state index contributed by atoms with van der Waals surface area (Å²) >= 11 is 0. The second-order valence-electron chi connectivity index (χ2n) is 7.23. The van der Waals surface area contributed by atoms with E-state index in [1.807, 2.05) is 6.20 Å². The van der Waals surface area contributed by atoms with Crippen LogP contribution in [0, 0.1) is 0 Å². The first-order valence-corrected chi connectivity index (χ1v) is 10.6. The Kier molecular flexibility index (Phi) is 17.6. The van der Waals surface area contributed by atoms with Crippen LogP contribution in [0.1, 0.15) is 45.7 Å². The molecule has 31 heavy (non-hydrogen) atoms. The molecule has 0 amide bonds. The van der Waals surface area contributed by atoms with Crippen LogP contribution in [0.15, 0.2) is 36.5 Å². The van der Waals surface area contributed by atoms with Gasteiger partial charge >= 0.3 is 0 Å². The van der Waals surface area contributed by atoms with E-state index in [0.29, 0.717) is 0 Å². The van der Waals surface area contributed by atoms with Crippen molar-refractivity contribution in [2.75, 3.05) is 26.2 Å². The summed E-state index contributed by atoms with van der Waals surface area (Å²) in [5.74, 6) is 0. The molecular weight excluding hydrogens is 474 g/mol. The topological polar surface area (TPSA) is 33.1 Å². The molecule has 4 nitrogen and oxygen atoms in total. The van der Waals surface area contributed by atoms with Gasteiger partial charge in [0.15, 0.2) is 0 Å². The Morgan fingerprint density at radius 2 is 1.61 bits per heavy atom. The van der Waals surface area contributed by atoms with E-state index in [-0.39, 0.29) is 49.6 Å². The monoisotopic (exact) mass is 510 g/mol. The number of unbranched alkanes of at least 4 members (excludes halogenated alkanes) is 1. The van der Waals surface area contributed by atoms with E-state index in [2.05, 4.69) is 65.9 Å². The molecule has 0 aliphatic carbocycles. The normalized spacial score (nSPS) is 10.3. The molecule has 0 saturated heterocycles. The van der Waals surface area contributed by atoms with Gasteiger partial charge in [0, 0.05) is 35.6 Å². The van der Waals surface area contributed by atoms with Crippen LogP contribution in [-0.2, 0) is 13.1 Å². The third-order valence-electron chi connectivity index (χ3n) is 5.51.